The number of carbonyl (C=O) groups is 1. The number of amides is 1. The molecule has 2 rings (SSSR count). The van der Waals surface area contributed by atoms with Crippen LogP contribution in [0.3, 0.4) is 0 Å². The van der Waals surface area contributed by atoms with E-state index < -0.39 is 11.7 Å². The van der Waals surface area contributed by atoms with Gasteiger partial charge in [0.2, 0.25) is 0 Å². The number of nitrogens with one attached hydrogen (secondary N) is 1. The van der Waals surface area contributed by atoms with Gasteiger partial charge in [0.1, 0.15) is 22.1 Å². The molecule has 1 aromatic heterocycles. The van der Waals surface area contributed by atoms with Crippen LogP contribution in [0.2, 0.25) is 0 Å². The molecule has 0 radical (unpaired) electrons. The van der Waals surface area contributed by atoms with Crippen molar-refractivity contribution in [3.8, 4) is 5.75 Å². The lowest BCUT2D eigenvalue weighted by Gasteiger charge is -2.08. The summed E-state index contributed by atoms with van der Waals surface area (Å²) in [5.41, 5.74) is 5.77. The first-order valence-electron chi connectivity index (χ1n) is 5.10. The fraction of sp³-hybridized carbons (Fsp3) is 0.0833. The number of thiophene rings is 1. The third-order valence-electron chi connectivity index (χ3n) is 2.34. The predicted octanol–water partition coefficient (Wildman–Crippen LogP) is 2.73. The van der Waals surface area contributed by atoms with Crippen LogP contribution < -0.4 is 15.8 Å². The quantitative estimate of drug-likeness (QED) is 0.839. The summed E-state index contributed by atoms with van der Waals surface area (Å²) in [6.07, 6.45) is 0. The van der Waals surface area contributed by atoms with Crippen molar-refractivity contribution in [2.24, 2.45) is 0 Å². The smallest absolute Gasteiger partial charge is 0.269 e. The number of nitrogens with two attached hydrogens (primary N) is 1. The molecule has 94 valence electrons. The van der Waals surface area contributed by atoms with Crippen molar-refractivity contribution in [2.45, 2.75) is 0 Å². The molecule has 1 heterocycles. The number of ether oxygens (including phenoxy) is 1. The van der Waals surface area contributed by atoms with E-state index in [9.17, 15) is 9.18 Å². The van der Waals surface area contributed by atoms with Gasteiger partial charge >= 0.3 is 0 Å². The first-order valence-corrected chi connectivity index (χ1v) is 5.98. The molecule has 1 aromatic carbocycles. The highest BCUT2D eigenvalue weighted by molar-refractivity contribution is 7.12. The molecule has 0 fully saturated rings. The van der Waals surface area contributed by atoms with Crippen molar-refractivity contribution < 1.29 is 13.9 Å². The molecule has 0 aliphatic rings. The van der Waals surface area contributed by atoms with Gasteiger partial charge in [-0.05, 0) is 23.6 Å². The van der Waals surface area contributed by atoms with E-state index in [0.717, 1.165) is 0 Å². The highest BCUT2D eigenvalue weighted by Gasteiger charge is 2.16. The molecule has 2 aromatic rings. The standard InChI is InChI=1S/C12H11FN2O2S/c1-17-9-5-6-18-11(9)12(16)15-10-7(13)3-2-4-8(10)14/h2-6H,14H2,1H3,(H,15,16). The monoisotopic (exact) mass is 266 g/mol. The predicted molar refractivity (Wildman–Crippen MR) is 69.6 cm³/mol. The highest BCUT2D eigenvalue weighted by atomic mass is 32.1. The number of nitrogen functional groups attached to an aromatic ring is 1. The number of para-hydroxylation sites is 1. The lowest BCUT2D eigenvalue weighted by atomic mass is 10.2. The normalized spacial score (nSPS) is 10.1. The third kappa shape index (κ3) is 2.28. The van der Waals surface area contributed by atoms with Gasteiger partial charge in [0.25, 0.3) is 5.91 Å². The van der Waals surface area contributed by atoms with Crippen molar-refractivity contribution in [1.82, 2.24) is 0 Å². The SMILES string of the molecule is COc1ccsc1C(=O)Nc1c(N)cccc1F. The maximum absolute atomic E-state index is 13.5. The molecule has 0 atom stereocenters. The molecule has 0 saturated heterocycles. The molecule has 0 unspecified atom stereocenters. The average Bonchev–Trinajstić information content (AvgIpc) is 2.82. The summed E-state index contributed by atoms with van der Waals surface area (Å²) in [6.45, 7) is 0. The maximum Gasteiger partial charge on any atom is 0.269 e. The lowest BCUT2D eigenvalue weighted by Crippen LogP contribution is -2.13. The second-order valence-corrected chi connectivity index (χ2v) is 4.39. The summed E-state index contributed by atoms with van der Waals surface area (Å²) >= 11 is 1.21. The van der Waals surface area contributed by atoms with Crippen LogP contribution in [0.15, 0.2) is 29.6 Å². The van der Waals surface area contributed by atoms with Crippen molar-refractivity contribution in [3.63, 3.8) is 0 Å². The number of hydrogen-bond donors (Lipinski definition) is 2. The molecule has 0 bridgehead atoms. The molecule has 4 nitrogen and oxygen atoms in total. The molecule has 3 N–H and O–H groups in total. The molecule has 1 amide bonds. The Balaban J connectivity index is 2.27. The van der Waals surface area contributed by atoms with Crippen molar-refractivity contribution in [2.75, 3.05) is 18.2 Å². The van der Waals surface area contributed by atoms with Crippen LogP contribution in [-0.2, 0) is 0 Å². The van der Waals surface area contributed by atoms with E-state index in [1.165, 1.54) is 36.6 Å². The summed E-state index contributed by atoms with van der Waals surface area (Å²) in [5.74, 6) is -0.565. The van der Waals surface area contributed by atoms with Crippen LogP contribution in [-0.4, -0.2) is 13.0 Å². The number of methoxy groups -OCH3 is 1. The second-order valence-electron chi connectivity index (χ2n) is 3.48. The average molecular weight is 266 g/mol. The van der Waals surface area contributed by atoms with Gasteiger partial charge in [-0.25, -0.2) is 4.39 Å². The number of hydrogen-bond acceptors (Lipinski definition) is 4. The van der Waals surface area contributed by atoms with Crippen LogP contribution in [0.4, 0.5) is 15.8 Å². The van der Waals surface area contributed by atoms with Crippen molar-refractivity contribution in [3.05, 3.63) is 40.3 Å². The van der Waals surface area contributed by atoms with Crippen LogP contribution >= 0.6 is 11.3 Å². The highest BCUT2D eigenvalue weighted by Crippen LogP contribution is 2.27. The van der Waals surface area contributed by atoms with Crippen molar-refractivity contribution in [1.29, 1.82) is 0 Å². The third-order valence-corrected chi connectivity index (χ3v) is 3.23. The van der Waals surface area contributed by atoms with Gasteiger partial charge in [0, 0.05) is 0 Å². The molecule has 6 heteroatoms. The van der Waals surface area contributed by atoms with E-state index in [1.54, 1.807) is 11.4 Å². The zero-order valence-corrected chi connectivity index (χ0v) is 10.4. The largest absolute Gasteiger partial charge is 0.495 e. The van der Waals surface area contributed by atoms with E-state index in [1.807, 2.05) is 0 Å². The molecule has 0 spiro atoms. The minimum Gasteiger partial charge on any atom is -0.495 e. The zero-order chi connectivity index (χ0) is 13.1. The van der Waals surface area contributed by atoms with E-state index in [4.69, 9.17) is 10.5 Å². The fourth-order valence-electron chi connectivity index (χ4n) is 1.47. The summed E-state index contributed by atoms with van der Waals surface area (Å²) in [6, 6.07) is 5.90. The zero-order valence-electron chi connectivity index (χ0n) is 9.57. The lowest BCUT2D eigenvalue weighted by molar-refractivity contribution is 0.102. The van der Waals surface area contributed by atoms with Gasteiger partial charge in [-0.15, -0.1) is 11.3 Å². The van der Waals surface area contributed by atoms with Gasteiger partial charge in [0.15, 0.2) is 0 Å². The number of benzene rings is 1. The van der Waals surface area contributed by atoms with E-state index in [0.29, 0.717) is 10.6 Å². The Labute approximate surface area is 107 Å². The molecular formula is C12H11FN2O2S. The minimum absolute atomic E-state index is 0.0158. The molecule has 18 heavy (non-hydrogen) atoms. The summed E-state index contributed by atoms with van der Waals surface area (Å²) in [7, 11) is 1.47. The Kier molecular flexibility index (Phi) is 3.47. The van der Waals surface area contributed by atoms with Crippen LogP contribution in [0, 0.1) is 5.82 Å². The van der Waals surface area contributed by atoms with E-state index in [-0.39, 0.29) is 11.4 Å². The molecule has 0 aliphatic heterocycles. The van der Waals surface area contributed by atoms with Gasteiger partial charge < -0.3 is 15.8 Å². The van der Waals surface area contributed by atoms with Crippen LogP contribution in [0.25, 0.3) is 0 Å². The van der Waals surface area contributed by atoms with Gasteiger partial charge in [0.05, 0.1) is 12.8 Å². The van der Waals surface area contributed by atoms with E-state index >= 15 is 0 Å². The van der Waals surface area contributed by atoms with Gasteiger partial charge in [-0.2, -0.15) is 0 Å². The second kappa shape index (κ2) is 5.05. The molecule has 0 aliphatic carbocycles. The summed E-state index contributed by atoms with van der Waals surface area (Å²) in [4.78, 5) is 12.3. The Hall–Kier alpha value is -2.08. The van der Waals surface area contributed by atoms with Crippen molar-refractivity contribution >= 4 is 28.6 Å². The van der Waals surface area contributed by atoms with Gasteiger partial charge in [-0.1, -0.05) is 6.07 Å². The minimum atomic E-state index is -0.570. The number of halogens is 1. The fourth-order valence-corrected chi connectivity index (χ4v) is 2.22. The summed E-state index contributed by atoms with van der Waals surface area (Å²) in [5, 5.41) is 4.17. The first kappa shape index (κ1) is 12.4. The molecule has 0 saturated carbocycles. The summed E-state index contributed by atoms with van der Waals surface area (Å²) < 4.78 is 18.5. The molecular weight excluding hydrogens is 255 g/mol. The van der Waals surface area contributed by atoms with Gasteiger partial charge in [-0.3, -0.25) is 4.79 Å². The topological polar surface area (TPSA) is 64.3 Å². The maximum atomic E-state index is 13.5. The Morgan fingerprint density at radius 3 is 2.89 bits per heavy atom. The Bertz CT molecular complexity index is 563. The first-order chi connectivity index (χ1) is 8.63. The van der Waals surface area contributed by atoms with Crippen LogP contribution in [0.5, 0.6) is 5.75 Å². The Morgan fingerprint density at radius 1 is 1.44 bits per heavy atom. The van der Waals surface area contributed by atoms with E-state index in [2.05, 4.69) is 5.32 Å². The number of carbonyl (C=O) groups excluding carboxylic acids is 1. The van der Waals surface area contributed by atoms with Crippen LogP contribution in [0.1, 0.15) is 9.67 Å². The number of rotatable bonds is 3. The Morgan fingerprint density at radius 2 is 2.22 bits per heavy atom. The number of anilines is 2.